The molecular formula is C19H18ClNO6. The van der Waals surface area contributed by atoms with Crippen LogP contribution in [0.25, 0.3) is 0 Å². The summed E-state index contributed by atoms with van der Waals surface area (Å²) in [6, 6.07) is 10.1. The van der Waals surface area contributed by atoms with Gasteiger partial charge in [-0.25, -0.2) is 4.79 Å². The molecule has 1 aliphatic heterocycles. The number of carbonyl (C=O) groups excluding carboxylic acids is 2. The van der Waals surface area contributed by atoms with Crippen molar-refractivity contribution < 1.29 is 28.5 Å². The number of esters is 1. The van der Waals surface area contributed by atoms with Gasteiger partial charge < -0.3 is 24.3 Å². The first-order chi connectivity index (χ1) is 12.9. The molecule has 0 aromatic heterocycles. The van der Waals surface area contributed by atoms with Crippen LogP contribution in [0.1, 0.15) is 12.5 Å². The number of fused-ring (bicyclic) bond motifs is 1. The Morgan fingerprint density at radius 2 is 1.96 bits per heavy atom. The highest BCUT2D eigenvalue weighted by atomic mass is 35.5. The minimum atomic E-state index is -0.988. The quantitative estimate of drug-likeness (QED) is 0.760. The number of nitrogens with one attached hydrogen (secondary N) is 1. The Kier molecular flexibility index (Phi) is 5.71. The van der Waals surface area contributed by atoms with Gasteiger partial charge in [-0.1, -0.05) is 11.6 Å². The van der Waals surface area contributed by atoms with Crippen molar-refractivity contribution >= 4 is 29.2 Å². The molecule has 27 heavy (non-hydrogen) atoms. The molecule has 1 atom stereocenters. The number of amides is 1. The summed E-state index contributed by atoms with van der Waals surface area (Å²) in [5.41, 5.74) is 1.31. The van der Waals surface area contributed by atoms with Crippen LogP contribution < -0.4 is 19.5 Å². The molecule has 0 saturated heterocycles. The third-order valence-electron chi connectivity index (χ3n) is 3.80. The second-order valence-electron chi connectivity index (χ2n) is 5.89. The smallest absolute Gasteiger partial charge is 0.344 e. The first-order valence-corrected chi connectivity index (χ1v) is 8.59. The van der Waals surface area contributed by atoms with Crippen LogP contribution in [-0.4, -0.2) is 31.4 Å². The summed E-state index contributed by atoms with van der Waals surface area (Å²) in [6.07, 6.45) is -0.988. The lowest BCUT2D eigenvalue weighted by Crippen LogP contribution is -2.31. The van der Waals surface area contributed by atoms with E-state index in [2.05, 4.69) is 5.32 Å². The number of halogens is 1. The van der Waals surface area contributed by atoms with E-state index in [1.807, 2.05) is 6.92 Å². The van der Waals surface area contributed by atoms with E-state index in [1.54, 1.807) is 36.4 Å². The fourth-order valence-corrected chi connectivity index (χ4v) is 2.64. The average Bonchev–Trinajstić information content (AvgIpc) is 3.08. The van der Waals surface area contributed by atoms with Crippen molar-refractivity contribution in [3.63, 3.8) is 0 Å². The van der Waals surface area contributed by atoms with Gasteiger partial charge >= 0.3 is 5.97 Å². The maximum atomic E-state index is 12.2. The van der Waals surface area contributed by atoms with Gasteiger partial charge in [-0.3, -0.25) is 4.79 Å². The van der Waals surface area contributed by atoms with E-state index in [4.69, 9.17) is 30.5 Å². The molecule has 7 nitrogen and oxygen atoms in total. The van der Waals surface area contributed by atoms with Crippen LogP contribution in [0.4, 0.5) is 5.69 Å². The van der Waals surface area contributed by atoms with E-state index >= 15 is 0 Å². The van der Waals surface area contributed by atoms with Crippen molar-refractivity contribution in [2.24, 2.45) is 0 Å². The Labute approximate surface area is 161 Å². The second kappa shape index (κ2) is 8.18. The van der Waals surface area contributed by atoms with Gasteiger partial charge in [0.15, 0.2) is 24.2 Å². The Morgan fingerprint density at radius 3 is 2.74 bits per heavy atom. The fraction of sp³-hybridized carbons (Fsp3) is 0.263. The molecule has 2 aromatic rings. The van der Waals surface area contributed by atoms with Gasteiger partial charge in [0, 0.05) is 16.8 Å². The number of rotatable bonds is 6. The normalized spacial score (nSPS) is 13.0. The molecule has 2 aromatic carbocycles. The molecule has 142 valence electrons. The summed E-state index contributed by atoms with van der Waals surface area (Å²) in [7, 11) is 0. The zero-order chi connectivity index (χ0) is 19.4. The monoisotopic (exact) mass is 391 g/mol. The Bertz CT molecular complexity index is 869. The number of benzene rings is 2. The van der Waals surface area contributed by atoms with Crippen LogP contribution in [0.3, 0.4) is 0 Å². The standard InChI is InChI=1S/C19H18ClNO6/c1-11-7-13(20)3-5-15(11)24-9-18(22)27-12(2)19(23)21-14-4-6-16-17(8-14)26-10-25-16/h3-8,12H,9-10H2,1-2H3,(H,21,23). The highest BCUT2D eigenvalue weighted by molar-refractivity contribution is 6.30. The van der Waals surface area contributed by atoms with Gasteiger partial charge in [0.2, 0.25) is 6.79 Å². The predicted molar refractivity (Wildman–Crippen MR) is 98.4 cm³/mol. The first kappa shape index (κ1) is 18.8. The van der Waals surface area contributed by atoms with E-state index in [0.29, 0.717) is 28.0 Å². The van der Waals surface area contributed by atoms with Crippen LogP contribution in [0.15, 0.2) is 36.4 Å². The number of ether oxygens (including phenoxy) is 4. The lowest BCUT2D eigenvalue weighted by atomic mass is 10.2. The third kappa shape index (κ3) is 4.83. The summed E-state index contributed by atoms with van der Waals surface area (Å²) >= 11 is 5.87. The summed E-state index contributed by atoms with van der Waals surface area (Å²) in [6.45, 7) is 3.12. The van der Waals surface area contributed by atoms with Gasteiger partial charge in [0.1, 0.15) is 5.75 Å². The highest BCUT2D eigenvalue weighted by Gasteiger charge is 2.20. The number of hydrogen-bond acceptors (Lipinski definition) is 6. The molecule has 0 radical (unpaired) electrons. The van der Waals surface area contributed by atoms with Crippen molar-refractivity contribution in [1.82, 2.24) is 0 Å². The van der Waals surface area contributed by atoms with Gasteiger partial charge in [0.25, 0.3) is 5.91 Å². The predicted octanol–water partition coefficient (Wildman–Crippen LogP) is 3.33. The van der Waals surface area contributed by atoms with Crippen LogP contribution in [0.5, 0.6) is 17.2 Å². The Balaban J connectivity index is 1.49. The van der Waals surface area contributed by atoms with Crippen molar-refractivity contribution in [3.8, 4) is 17.2 Å². The molecule has 1 N–H and O–H groups in total. The number of anilines is 1. The van der Waals surface area contributed by atoms with Gasteiger partial charge in [0.05, 0.1) is 0 Å². The van der Waals surface area contributed by atoms with E-state index in [9.17, 15) is 9.59 Å². The van der Waals surface area contributed by atoms with Gasteiger partial charge in [-0.2, -0.15) is 0 Å². The van der Waals surface area contributed by atoms with E-state index in [-0.39, 0.29) is 13.4 Å². The summed E-state index contributed by atoms with van der Waals surface area (Å²) in [5.74, 6) is 0.558. The van der Waals surface area contributed by atoms with Crippen molar-refractivity contribution in [2.75, 3.05) is 18.7 Å². The van der Waals surface area contributed by atoms with Crippen molar-refractivity contribution in [1.29, 1.82) is 0 Å². The molecule has 1 aliphatic rings. The van der Waals surface area contributed by atoms with Crippen molar-refractivity contribution in [2.45, 2.75) is 20.0 Å². The molecule has 0 bridgehead atoms. The fourth-order valence-electron chi connectivity index (χ4n) is 2.41. The maximum absolute atomic E-state index is 12.2. The van der Waals surface area contributed by atoms with E-state index in [1.165, 1.54) is 6.92 Å². The van der Waals surface area contributed by atoms with Crippen LogP contribution in [-0.2, 0) is 14.3 Å². The highest BCUT2D eigenvalue weighted by Crippen LogP contribution is 2.34. The van der Waals surface area contributed by atoms with Crippen LogP contribution in [0.2, 0.25) is 5.02 Å². The molecular weight excluding hydrogens is 374 g/mol. The molecule has 0 spiro atoms. The number of hydrogen-bond donors (Lipinski definition) is 1. The zero-order valence-corrected chi connectivity index (χ0v) is 15.5. The lowest BCUT2D eigenvalue weighted by Gasteiger charge is -2.14. The van der Waals surface area contributed by atoms with Gasteiger partial charge in [-0.15, -0.1) is 0 Å². The average molecular weight is 392 g/mol. The minimum absolute atomic E-state index is 0.147. The molecule has 1 heterocycles. The Morgan fingerprint density at radius 1 is 1.19 bits per heavy atom. The number of aryl methyl sites for hydroxylation is 1. The molecule has 0 saturated carbocycles. The summed E-state index contributed by atoms with van der Waals surface area (Å²) in [4.78, 5) is 24.1. The largest absolute Gasteiger partial charge is 0.482 e. The third-order valence-corrected chi connectivity index (χ3v) is 4.04. The van der Waals surface area contributed by atoms with Gasteiger partial charge in [-0.05, 0) is 49.7 Å². The van der Waals surface area contributed by atoms with E-state index < -0.39 is 18.0 Å². The zero-order valence-electron chi connectivity index (χ0n) is 14.8. The first-order valence-electron chi connectivity index (χ1n) is 8.21. The summed E-state index contributed by atoms with van der Waals surface area (Å²) < 4.78 is 21.0. The molecule has 3 rings (SSSR count). The van der Waals surface area contributed by atoms with Crippen LogP contribution >= 0.6 is 11.6 Å². The minimum Gasteiger partial charge on any atom is -0.482 e. The lowest BCUT2D eigenvalue weighted by molar-refractivity contribution is -0.155. The van der Waals surface area contributed by atoms with Crippen molar-refractivity contribution in [3.05, 3.63) is 47.0 Å². The van der Waals surface area contributed by atoms with E-state index in [0.717, 1.165) is 5.56 Å². The molecule has 0 fully saturated rings. The molecule has 1 unspecified atom stereocenters. The summed E-state index contributed by atoms with van der Waals surface area (Å²) in [5, 5.41) is 3.24. The Hall–Kier alpha value is -2.93. The molecule has 0 aliphatic carbocycles. The maximum Gasteiger partial charge on any atom is 0.344 e. The van der Waals surface area contributed by atoms with Crippen LogP contribution in [0, 0.1) is 6.92 Å². The SMILES string of the molecule is Cc1cc(Cl)ccc1OCC(=O)OC(C)C(=O)Nc1ccc2c(c1)OCO2. The molecule has 1 amide bonds. The molecule has 8 heteroatoms. The topological polar surface area (TPSA) is 83.1 Å². The number of carbonyl (C=O) groups is 2. The second-order valence-corrected chi connectivity index (χ2v) is 6.32.